The molecule has 1 aliphatic rings. The zero-order valence-electron chi connectivity index (χ0n) is 13.4. The number of nitriles is 1. The highest BCUT2D eigenvalue weighted by Gasteiger charge is 2.25. The van der Waals surface area contributed by atoms with Crippen molar-refractivity contribution < 1.29 is 22.7 Å². The second-order valence-corrected chi connectivity index (χ2v) is 10.5. The molecule has 0 aliphatic heterocycles. The van der Waals surface area contributed by atoms with Crippen molar-refractivity contribution in [3.8, 4) is 17.6 Å². The molecule has 1 aromatic carbocycles. The van der Waals surface area contributed by atoms with Gasteiger partial charge in [-0.25, -0.2) is 0 Å². The first kappa shape index (κ1) is 17.7. The predicted molar refractivity (Wildman–Crippen MR) is 84.0 cm³/mol. The normalized spacial score (nSPS) is 14.6. The van der Waals surface area contributed by atoms with Crippen molar-refractivity contribution in [2.45, 2.75) is 38.6 Å². The number of alkyl halides is 2. The maximum atomic E-state index is 12.5. The van der Waals surface area contributed by atoms with Gasteiger partial charge in [0.05, 0.1) is 12.7 Å². The quantitative estimate of drug-likeness (QED) is 0.639. The molecule has 1 aromatic rings. The summed E-state index contributed by atoms with van der Waals surface area (Å²) in [6, 6.07) is 7.64. The smallest absolute Gasteiger partial charge is 0.387 e. The molecule has 126 valence electrons. The molecule has 4 nitrogen and oxygen atoms in total. The molecular weight excluding hydrogens is 320 g/mol. The maximum absolute atomic E-state index is 12.5. The molecule has 1 aliphatic carbocycles. The molecule has 0 spiro atoms. The zero-order valence-corrected chi connectivity index (χ0v) is 14.4. The number of ether oxygens (including phenoxy) is 2. The summed E-state index contributed by atoms with van der Waals surface area (Å²) in [6.07, 6.45) is 2.24. The van der Waals surface area contributed by atoms with Crippen molar-refractivity contribution in [2.75, 3.05) is 13.2 Å². The molecule has 2 rings (SSSR count). The van der Waals surface area contributed by atoms with Gasteiger partial charge in [0, 0.05) is 0 Å². The molecule has 0 radical (unpaired) electrons. The van der Waals surface area contributed by atoms with Crippen LogP contribution in [0.4, 0.5) is 8.78 Å². The van der Waals surface area contributed by atoms with Gasteiger partial charge in [-0.05, 0) is 55.6 Å². The van der Waals surface area contributed by atoms with E-state index in [9.17, 15) is 8.78 Å². The third-order valence-electron chi connectivity index (χ3n) is 3.55. The molecule has 0 unspecified atom stereocenters. The fourth-order valence-corrected chi connectivity index (χ4v) is 3.99. The Morgan fingerprint density at radius 3 is 2.65 bits per heavy atom. The Balaban J connectivity index is 2.10. The predicted octanol–water partition coefficient (Wildman–Crippen LogP) is 3.90. The Morgan fingerprint density at radius 1 is 1.30 bits per heavy atom. The molecule has 1 saturated carbocycles. The standard InChI is InChI=1S/C16H21F2NO3Si/c1-23(2,21-8-7-19)11-13-5-6-14(22-16(17)18)15(9-13)20-10-12-3-4-12/h5-6,9,12,16H,3-4,8,10-11H2,1-2H3. The summed E-state index contributed by atoms with van der Waals surface area (Å²) in [5, 5.41) is 8.63. The van der Waals surface area contributed by atoms with Gasteiger partial charge in [-0.2, -0.15) is 14.0 Å². The Labute approximate surface area is 136 Å². The van der Waals surface area contributed by atoms with Crippen molar-refractivity contribution in [3.63, 3.8) is 0 Å². The van der Waals surface area contributed by atoms with Crippen LogP contribution in [0.5, 0.6) is 11.5 Å². The van der Waals surface area contributed by atoms with E-state index >= 15 is 0 Å². The number of nitrogens with zero attached hydrogens (tertiary/aromatic N) is 1. The van der Waals surface area contributed by atoms with E-state index < -0.39 is 14.9 Å². The molecule has 0 atom stereocenters. The van der Waals surface area contributed by atoms with Crippen LogP contribution >= 0.6 is 0 Å². The summed E-state index contributed by atoms with van der Waals surface area (Å²) in [4.78, 5) is 0. The Hall–Kier alpha value is -1.65. The second kappa shape index (κ2) is 7.75. The van der Waals surface area contributed by atoms with E-state index in [1.54, 1.807) is 12.1 Å². The fourth-order valence-electron chi connectivity index (χ4n) is 2.23. The number of hydrogen-bond acceptors (Lipinski definition) is 4. The lowest BCUT2D eigenvalue weighted by Crippen LogP contribution is -2.34. The van der Waals surface area contributed by atoms with Crippen LogP contribution in [-0.4, -0.2) is 28.1 Å². The first-order valence-corrected chi connectivity index (χ1v) is 10.7. The van der Waals surface area contributed by atoms with Crippen molar-refractivity contribution in [1.82, 2.24) is 0 Å². The van der Waals surface area contributed by atoms with E-state index in [0.29, 0.717) is 24.3 Å². The van der Waals surface area contributed by atoms with Gasteiger partial charge >= 0.3 is 6.61 Å². The molecule has 0 heterocycles. The summed E-state index contributed by atoms with van der Waals surface area (Å²) in [5.74, 6) is 0.921. The van der Waals surface area contributed by atoms with Crippen molar-refractivity contribution in [2.24, 2.45) is 5.92 Å². The molecule has 0 saturated heterocycles. The number of benzene rings is 1. The summed E-state index contributed by atoms with van der Waals surface area (Å²) in [5.41, 5.74) is 0.937. The molecule has 1 fully saturated rings. The summed E-state index contributed by atoms with van der Waals surface area (Å²) in [6.45, 7) is 1.73. The average Bonchev–Trinajstić information content (AvgIpc) is 3.28. The number of hydrogen-bond donors (Lipinski definition) is 0. The highest BCUT2D eigenvalue weighted by atomic mass is 28.4. The van der Waals surface area contributed by atoms with Crippen LogP contribution in [0.25, 0.3) is 0 Å². The Morgan fingerprint density at radius 2 is 2.04 bits per heavy atom. The summed E-state index contributed by atoms with van der Waals surface area (Å²) in [7, 11) is -2.04. The third kappa shape index (κ3) is 6.16. The minimum absolute atomic E-state index is 0.0572. The summed E-state index contributed by atoms with van der Waals surface area (Å²) < 4.78 is 40.8. The highest BCUT2D eigenvalue weighted by Crippen LogP contribution is 2.34. The van der Waals surface area contributed by atoms with Gasteiger partial charge in [0.25, 0.3) is 0 Å². The largest absolute Gasteiger partial charge is 0.489 e. The molecule has 0 aromatic heterocycles. The van der Waals surface area contributed by atoms with E-state index in [-0.39, 0.29) is 12.4 Å². The minimum Gasteiger partial charge on any atom is -0.489 e. The molecule has 23 heavy (non-hydrogen) atoms. The van der Waals surface area contributed by atoms with Crippen LogP contribution in [0, 0.1) is 17.2 Å². The topological polar surface area (TPSA) is 51.5 Å². The van der Waals surface area contributed by atoms with Crippen LogP contribution in [0.2, 0.25) is 13.1 Å². The van der Waals surface area contributed by atoms with Gasteiger partial charge in [-0.15, -0.1) is 0 Å². The lowest BCUT2D eigenvalue weighted by atomic mass is 10.2. The zero-order chi connectivity index (χ0) is 16.9. The monoisotopic (exact) mass is 341 g/mol. The maximum Gasteiger partial charge on any atom is 0.387 e. The fraction of sp³-hybridized carbons (Fsp3) is 0.562. The molecular formula is C16H21F2NO3Si. The van der Waals surface area contributed by atoms with Crippen LogP contribution in [0.15, 0.2) is 18.2 Å². The lowest BCUT2D eigenvalue weighted by Gasteiger charge is -2.22. The SMILES string of the molecule is C[Si](C)(Cc1ccc(OC(F)F)c(OCC2CC2)c1)OCC#N. The third-order valence-corrected chi connectivity index (χ3v) is 5.74. The first-order valence-electron chi connectivity index (χ1n) is 7.61. The molecule has 0 amide bonds. The minimum atomic E-state index is -2.88. The number of halogens is 2. The van der Waals surface area contributed by atoms with Crippen LogP contribution in [-0.2, 0) is 10.5 Å². The van der Waals surface area contributed by atoms with Crippen LogP contribution in [0.1, 0.15) is 18.4 Å². The van der Waals surface area contributed by atoms with Crippen LogP contribution < -0.4 is 9.47 Å². The molecule has 0 bridgehead atoms. The Bertz CT molecular complexity index is 571. The van der Waals surface area contributed by atoms with E-state index in [0.717, 1.165) is 18.4 Å². The van der Waals surface area contributed by atoms with E-state index in [1.807, 2.05) is 19.2 Å². The van der Waals surface area contributed by atoms with E-state index in [2.05, 4.69) is 4.74 Å². The van der Waals surface area contributed by atoms with E-state index in [1.165, 1.54) is 6.07 Å². The van der Waals surface area contributed by atoms with Crippen molar-refractivity contribution in [3.05, 3.63) is 23.8 Å². The van der Waals surface area contributed by atoms with Crippen LogP contribution in [0.3, 0.4) is 0 Å². The second-order valence-electron chi connectivity index (χ2n) is 6.30. The van der Waals surface area contributed by atoms with Gasteiger partial charge in [0.15, 0.2) is 19.8 Å². The Kier molecular flexibility index (Phi) is 5.96. The van der Waals surface area contributed by atoms with Gasteiger partial charge in [-0.3, -0.25) is 0 Å². The lowest BCUT2D eigenvalue weighted by molar-refractivity contribution is -0.0515. The molecule has 7 heteroatoms. The first-order chi connectivity index (χ1) is 10.9. The van der Waals surface area contributed by atoms with Gasteiger partial charge in [0.2, 0.25) is 0 Å². The average molecular weight is 341 g/mol. The van der Waals surface area contributed by atoms with Crippen molar-refractivity contribution >= 4 is 8.32 Å². The highest BCUT2D eigenvalue weighted by molar-refractivity contribution is 6.70. The number of rotatable bonds is 9. The van der Waals surface area contributed by atoms with Gasteiger partial charge in [0.1, 0.15) is 6.61 Å². The van der Waals surface area contributed by atoms with Crippen molar-refractivity contribution in [1.29, 1.82) is 5.26 Å². The molecule has 0 N–H and O–H groups in total. The van der Waals surface area contributed by atoms with E-state index in [4.69, 9.17) is 14.4 Å². The van der Waals surface area contributed by atoms with Gasteiger partial charge < -0.3 is 13.9 Å². The summed E-state index contributed by atoms with van der Waals surface area (Å²) >= 11 is 0. The van der Waals surface area contributed by atoms with Gasteiger partial charge in [-0.1, -0.05) is 6.07 Å².